The highest BCUT2D eigenvalue weighted by Crippen LogP contribution is 2.50. The van der Waals surface area contributed by atoms with Crippen LogP contribution in [0.25, 0.3) is 0 Å². The van der Waals surface area contributed by atoms with Crippen LogP contribution in [0, 0.1) is 35.5 Å². The molecule has 0 aromatic carbocycles. The van der Waals surface area contributed by atoms with Gasteiger partial charge in [-0.15, -0.1) is 0 Å². The average Bonchev–Trinajstić information content (AvgIpc) is 3.16. The summed E-state index contributed by atoms with van der Waals surface area (Å²) in [5.74, 6) is 1.16. The lowest BCUT2D eigenvalue weighted by Crippen LogP contribution is -2.35. The Kier molecular flexibility index (Phi) is 7.72. The lowest BCUT2D eigenvalue weighted by atomic mass is 9.86. The summed E-state index contributed by atoms with van der Waals surface area (Å²) in [4.78, 5) is 24.8. The monoisotopic (exact) mass is 364 g/mol. The minimum atomic E-state index is -0.135. The molecule has 0 aromatic heterocycles. The second-order valence-electron chi connectivity index (χ2n) is 9.08. The highest BCUT2D eigenvalue weighted by atomic mass is 16.5. The highest BCUT2D eigenvalue weighted by Gasteiger charge is 2.51. The molecule has 0 aliphatic heterocycles. The Morgan fingerprint density at radius 1 is 0.962 bits per heavy atom. The Morgan fingerprint density at radius 3 is 2.27 bits per heavy atom. The van der Waals surface area contributed by atoms with Gasteiger partial charge in [-0.2, -0.15) is 0 Å². The van der Waals surface area contributed by atoms with E-state index in [0.29, 0.717) is 30.8 Å². The van der Waals surface area contributed by atoms with E-state index in [1.165, 1.54) is 0 Å². The minimum Gasteiger partial charge on any atom is -0.465 e. The summed E-state index contributed by atoms with van der Waals surface area (Å²) in [5, 5.41) is 0. The van der Waals surface area contributed by atoms with E-state index < -0.39 is 0 Å². The lowest BCUT2D eigenvalue weighted by Gasteiger charge is -2.29. The van der Waals surface area contributed by atoms with Crippen molar-refractivity contribution >= 4 is 11.9 Å². The summed E-state index contributed by atoms with van der Waals surface area (Å²) in [6, 6.07) is 0. The van der Waals surface area contributed by atoms with E-state index >= 15 is 0 Å². The number of allylic oxidation sites excluding steroid dienone is 2. The van der Waals surface area contributed by atoms with Gasteiger partial charge in [-0.05, 0) is 49.9 Å². The predicted octanol–water partition coefficient (Wildman–Crippen LogP) is 4.77. The van der Waals surface area contributed by atoms with Gasteiger partial charge in [-0.25, -0.2) is 0 Å². The molecule has 2 aliphatic rings. The normalized spacial score (nSPS) is 28.9. The molecular formula is C22H36O4. The number of fused-ring (bicyclic) bond motifs is 2. The molecule has 26 heavy (non-hydrogen) atoms. The van der Waals surface area contributed by atoms with E-state index in [1.54, 1.807) is 0 Å². The van der Waals surface area contributed by atoms with Crippen molar-refractivity contribution in [3.63, 3.8) is 0 Å². The second kappa shape index (κ2) is 9.57. The van der Waals surface area contributed by atoms with Crippen LogP contribution in [-0.4, -0.2) is 24.6 Å². The van der Waals surface area contributed by atoms with Crippen molar-refractivity contribution < 1.29 is 19.1 Å². The number of carbonyl (C=O) groups is 2. The van der Waals surface area contributed by atoms with Gasteiger partial charge in [0.2, 0.25) is 0 Å². The smallest absolute Gasteiger partial charge is 0.309 e. The maximum absolute atomic E-state index is 12.4. The molecule has 0 radical (unpaired) electrons. The molecule has 2 fully saturated rings. The molecule has 0 heterocycles. The second-order valence-corrected chi connectivity index (χ2v) is 9.08. The van der Waals surface area contributed by atoms with Gasteiger partial charge in [0, 0.05) is 5.92 Å². The van der Waals surface area contributed by atoms with Gasteiger partial charge in [0.05, 0.1) is 18.4 Å². The van der Waals surface area contributed by atoms with E-state index in [9.17, 15) is 9.59 Å². The zero-order valence-corrected chi connectivity index (χ0v) is 17.1. The third kappa shape index (κ3) is 5.85. The minimum absolute atomic E-state index is 0.0912. The third-order valence-corrected chi connectivity index (χ3v) is 5.55. The third-order valence-electron chi connectivity index (χ3n) is 5.55. The van der Waals surface area contributed by atoms with Gasteiger partial charge in [0.15, 0.2) is 0 Å². The summed E-state index contributed by atoms with van der Waals surface area (Å²) in [7, 11) is 0. The van der Waals surface area contributed by atoms with Gasteiger partial charge < -0.3 is 9.47 Å². The molecule has 2 bridgehead atoms. The molecule has 2 aliphatic carbocycles. The first-order chi connectivity index (χ1) is 12.3. The van der Waals surface area contributed by atoms with Crippen LogP contribution >= 0.6 is 0 Å². The van der Waals surface area contributed by atoms with E-state index in [0.717, 1.165) is 25.7 Å². The Hall–Kier alpha value is -1.32. The van der Waals surface area contributed by atoms with Crippen LogP contribution in [0.5, 0.6) is 0 Å². The first-order valence-corrected chi connectivity index (χ1v) is 10.3. The van der Waals surface area contributed by atoms with Crippen LogP contribution in [0.1, 0.15) is 66.7 Å². The maximum Gasteiger partial charge on any atom is 0.309 e. The number of carbonyl (C=O) groups excluding carboxylic acids is 2. The molecule has 5 unspecified atom stereocenters. The van der Waals surface area contributed by atoms with Crippen molar-refractivity contribution in [2.45, 2.75) is 72.8 Å². The summed E-state index contributed by atoms with van der Waals surface area (Å²) in [6.07, 6.45) is 8.65. The van der Waals surface area contributed by atoms with E-state index in [2.05, 4.69) is 26.0 Å². The highest BCUT2D eigenvalue weighted by molar-refractivity contribution is 5.74. The Labute approximate surface area is 158 Å². The molecule has 2 saturated carbocycles. The standard InChI is InChI=1S/C22H36O4/c1-14(2)8-6-7-9-16(5)21(23)26-20-12-17-10-18(20)19(11-17)22(24)25-13-15(3)4/h6-7,14-20H,8-13H2,1-5H3/b7-6-. The quantitative estimate of drug-likeness (QED) is 0.437. The van der Waals surface area contributed by atoms with Crippen molar-refractivity contribution in [2.24, 2.45) is 35.5 Å². The largest absolute Gasteiger partial charge is 0.465 e. The molecular weight excluding hydrogens is 328 g/mol. The molecule has 148 valence electrons. The fourth-order valence-electron chi connectivity index (χ4n) is 4.08. The average molecular weight is 365 g/mol. The lowest BCUT2D eigenvalue weighted by molar-refractivity contribution is -0.163. The number of ether oxygens (including phenoxy) is 2. The number of hydrogen-bond acceptors (Lipinski definition) is 4. The molecule has 0 saturated heterocycles. The number of hydrogen-bond donors (Lipinski definition) is 0. The summed E-state index contributed by atoms with van der Waals surface area (Å²) in [6.45, 7) is 10.8. The molecule has 5 atom stereocenters. The SMILES string of the molecule is CC(C)C/C=C\CC(C)C(=O)OC1CC2CC(C(=O)OCC(C)C)C1C2. The molecule has 0 amide bonds. The van der Waals surface area contributed by atoms with Crippen molar-refractivity contribution in [3.8, 4) is 0 Å². The van der Waals surface area contributed by atoms with Gasteiger partial charge >= 0.3 is 11.9 Å². The zero-order valence-electron chi connectivity index (χ0n) is 17.1. The molecule has 0 N–H and O–H groups in total. The number of rotatable bonds is 9. The molecule has 2 rings (SSSR count). The topological polar surface area (TPSA) is 52.6 Å². The van der Waals surface area contributed by atoms with Gasteiger partial charge in [-0.3, -0.25) is 9.59 Å². The van der Waals surface area contributed by atoms with Crippen molar-refractivity contribution in [2.75, 3.05) is 6.61 Å². The molecule has 0 aromatic rings. The van der Waals surface area contributed by atoms with E-state index in [4.69, 9.17) is 9.47 Å². The van der Waals surface area contributed by atoms with Crippen molar-refractivity contribution in [1.29, 1.82) is 0 Å². The van der Waals surface area contributed by atoms with Crippen LogP contribution in [0.15, 0.2) is 12.2 Å². The first kappa shape index (κ1) is 21.0. The Balaban J connectivity index is 1.81. The summed E-state index contributed by atoms with van der Waals surface area (Å²) >= 11 is 0. The Bertz CT molecular complexity index is 508. The fourth-order valence-corrected chi connectivity index (χ4v) is 4.08. The van der Waals surface area contributed by atoms with E-state index in [1.807, 2.05) is 20.8 Å². The van der Waals surface area contributed by atoms with Crippen LogP contribution in [0.3, 0.4) is 0 Å². The van der Waals surface area contributed by atoms with Gasteiger partial charge in [0.25, 0.3) is 0 Å². The first-order valence-electron chi connectivity index (χ1n) is 10.3. The predicted molar refractivity (Wildman–Crippen MR) is 102 cm³/mol. The zero-order chi connectivity index (χ0) is 19.3. The fraction of sp³-hybridized carbons (Fsp3) is 0.818. The molecule has 4 nitrogen and oxygen atoms in total. The molecule has 4 heteroatoms. The van der Waals surface area contributed by atoms with Gasteiger partial charge in [-0.1, -0.05) is 46.8 Å². The van der Waals surface area contributed by atoms with Crippen LogP contribution < -0.4 is 0 Å². The maximum atomic E-state index is 12.4. The number of esters is 2. The van der Waals surface area contributed by atoms with Crippen LogP contribution in [-0.2, 0) is 19.1 Å². The Morgan fingerprint density at radius 2 is 1.65 bits per heavy atom. The van der Waals surface area contributed by atoms with Crippen molar-refractivity contribution in [1.82, 2.24) is 0 Å². The van der Waals surface area contributed by atoms with Gasteiger partial charge in [0.1, 0.15) is 6.10 Å². The molecule has 0 spiro atoms. The van der Waals surface area contributed by atoms with Crippen molar-refractivity contribution in [3.05, 3.63) is 12.2 Å². The van der Waals surface area contributed by atoms with Crippen LogP contribution in [0.4, 0.5) is 0 Å². The summed E-state index contributed by atoms with van der Waals surface area (Å²) in [5.41, 5.74) is 0. The van der Waals surface area contributed by atoms with Crippen LogP contribution in [0.2, 0.25) is 0 Å². The van der Waals surface area contributed by atoms with E-state index in [-0.39, 0.29) is 35.8 Å². The summed E-state index contributed by atoms with van der Waals surface area (Å²) < 4.78 is 11.2.